The van der Waals surface area contributed by atoms with Crippen molar-refractivity contribution in [2.24, 2.45) is 129 Å². The number of nitrogens with two attached hydrogens (primary N) is 3. The first-order chi connectivity index (χ1) is 65.3. The summed E-state index contributed by atoms with van der Waals surface area (Å²) in [6.07, 6.45) is 37.7. The van der Waals surface area contributed by atoms with Gasteiger partial charge in [0.25, 0.3) is 0 Å². The summed E-state index contributed by atoms with van der Waals surface area (Å²) < 4.78 is 4.86. The first-order valence-electron chi connectivity index (χ1n) is 56.3. The van der Waals surface area contributed by atoms with E-state index in [1.54, 1.807) is 21.0 Å². The Balaban J connectivity index is -0.0000000614. The lowest BCUT2D eigenvalue weighted by atomic mass is 9.91. The number of aldehydes is 1. The number of terminal acetylenes is 2. The van der Waals surface area contributed by atoms with Crippen LogP contribution in [0.3, 0.4) is 0 Å². The predicted molar refractivity (Wildman–Crippen MR) is 645 cm³/mol. The minimum Gasteiger partial charge on any atom is -0.481 e. The number of ketones is 1. The first kappa shape index (κ1) is 187. The average molecular weight is 2040 g/mol. The predicted octanol–water partition coefficient (Wildman–Crippen LogP) is 28.7. The smallest absolute Gasteiger partial charge is 0.303 e. The second kappa shape index (κ2) is 158. The number of nitrogens with zero attached hydrogens (tertiary/aromatic N) is 1. The van der Waals surface area contributed by atoms with Gasteiger partial charge in [0.15, 0.2) is 0 Å². The van der Waals surface area contributed by atoms with Crippen molar-refractivity contribution in [1.29, 1.82) is 0 Å². The highest BCUT2D eigenvalue weighted by Crippen LogP contribution is 2.19. The lowest BCUT2D eigenvalue weighted by Gasteiger charge is -2.14. The fourth-order valence-corrected chi connectivity index (χ4v) is 8.97. The van der Waals surface area contributed by atoms with E-state index in [1.165, 1.54) is 64.5 Å². The number of carboxylic acid groups (broad SMARTS) is 1. The van der Waals surface area contributed by atoms with E-state index in [9.17, 15) is 19.2 Å². The van der Waals surface area contributed by atoms with Gasteiger partial charge in [-0.25, -0.2) is 0 Å². The first-order valence-corrected chi connectivity index (χ1v) is 56.3. The van der Waals surface area contributed by atoms with Crippen molar-refractivity contribution in [3.05, 3.63) is 12.7 Å². The lowest BCUT2D eigenvalue weighted by Crippen LogP contribution is -2.24. The van der Waals surface area contributed by atoms with E-state index in [0.717, 1.165) is 214 Å². The van der Waals surface area contributed by atoms with Gasteiger partial charge < -0.3 is 93.6 Å². The molecule has 0 aromatic rings. The van der Waals surface area contributed by atoms with Crippen molar-refractivity contribution in [2.45, 2.75) is 492 Å². The van der Waals surface area contributed by atoms with Crippen molar-refractivity contribution < 1.29 is 54.6 Å². The van der Waals surface area contributed by atoms with Gasteiger partial charge >= 0.3 is 5.97 Å². The molecule has 0 bridgehead atoms. The summed E-state index contributed by atoms with van der Waals surface area (Å²) >= 11 is 0. The van der Waals surface area contributed by atoms with E-state index in [4.69, 9.17) is 65.4 Å². The number of ether oxygens (including phenoxy) is 1. The molecule has 874 valence electrons. The summed E-state index contributed by atoms with van der Waals surface area (Å²) in [4.78, 5) is 42.6. The molecular weight excluding hydrogens is 1770 g/mol. The van der Waals surface area contributed by atoms with Gasteiger partial charge in [0, 0.05) is 78.7 Å². The van der Waals surface area contributed by atoms with Crippen molar-refractivity contribution in [1.82, 2.24) is 31.5 Å². The number of hydrogen-bond acceptors (Lipinski definition) is 18. The van der Waals surface area contributed by atoms with Crippen LogP contribution < -0.4 is 43.8 Å². The number of carbonyl (C=O) groups excluding carboxylic acids is 3. The summed E-state index contributed by atoms with van der Waals surface area (Å²) in [6.45, 7) is 116. The molecule has 0 aliphatic rings. The molecule has 0 aromatic carbocycles. The van der Waals surface area contributed by atoms with Crippen LogP contribution in [0.2, 0.25) is 0 Å². The van der Waals surface area contributed by atoms with Gasteiger partial charge in [-0.05, 0) is 301 Å². The molecule has 0 aliphatic heterocycles. The summed E-state index contributed by atoms with van der Waals surface area (Å²) in [5.74, 6) is 17.2. The van der Waals surface area contributed by atoms with Crippen LogP contribution in [-0.4, -0.2) is 205 Å². The molecule has 0 aliphatic carbocycles. The van der Waals surface area contributed by atoms with Gasteiger partial charge in [-0.15, -0.1) is 31.3 Å². The summed E-state index contributed by atoms with van der Waals surface area (Å²) in [5.41, 5.74) is 15.8. The molecule has 20 heteroatoms. The van der Waals surface area contributed by atoms with E-state index in [2.05, 4.69) is 327 Å². The quantitative estimate of drug-likeness (QED) is 0.0116. The highest BCUT2D eigenvalue weighted by molar-refractivity contribution is 5.76. The normalized spacial score (nSPS) is 10.4. The maximum atomic E-state index is 10.5. The number of aliphatic carboxylic acids is 1. The molecule has 0 spiro atoms. The zero-order valence-electron chi connectivity index (χ0n) is 106. The number of aliphatic hydroxyl groups excluding tert-OH is 5. The Morgan fingerprint density at radius 2 is 0.768 bits per heavy atom. The molecule has 1 atom stereocenters. The number of rotatable bonds is 50. The number of aliphatic hydroxyl groups is 5. The molecule has 0 unspecified atom stereocenters. The second-order valence-corrected chi connectivity index (χ2v) is 46.7. The fraction of sp³-hybridized carbons (Fsp3) is 0.918. The second-order valence-electron chi connectivity index (χ2n) is 46.7. The zero-order valence-corrected chi connectivity index (χ0v) is 106. The van der Waals surface area contributed by atoms with Gasteiger partial charge in [-0.2, -0.15) is 0 Å². The molecule has 0 fully saturated rings. The number of nitrogens with one attached hydrogen (secondary N) is 5. The highest BCUT2D eigenvalue weighted by Gasteiger charge is 2.14. The Bertz CT molecular complexity index is 2080. The van der Waals surface area contributed by atoms with Crippen LogP contribution in [0.25, 0.3) is 0 Å². The van der Waals surface area contributed by atoms with Gasteiger partial charge in [-0.1, -0.05) is 337 Å². The molecule has 0 saturated heterocycles. The molecule has 0 saturated carbocycles. The molecule has 20 nitrogen and oxygen atoms in total. The topological polar surface area (TPSA) is 340 Å². The number of carboxylic acids is 1. The van der Waals surface area contributed by atoms with Crippen molar-refractivity contribution in [2.75, 3.05) is 133 Å². The molecule has 0 rings (SSSR count). The lowest BCUT2D eigenvalue weighted by molar-refractivity contribution is -0.139. The van der Waals surface area contributed by atoms with Crippen LogP contribution in [0.1, 0.15) is 480 Å². The summed E-state index contributed by atoms with van der Waals surface area (Å²) in [6, 6.07) is 0.642. The Hall–Kier alpha value is -3.42. The maximum Gasteiger partial charge on any atom is 0.303 e. The van der Waals surface area contributed by atoms with Crippen molar-refractivity contribution in [3.8, 4) is 24.7 Å². The summed E-state index contributed by atoms with van der Waals surface area (Å²) in [5, 5.41) is 66.0. The molecule has 1 amide bonds. The minimum atomic E-state index is -0.725. The number of allylic oxidation sites excluding steroid dienone is 1. The van der Waals surface area contributed by atoms with Crippen molar-refractivity contribution in [3.63, 3.8) is 0 Å². The third kappa shape index (κ3) is 396. The van der Waals surface area contributed by atoms with Crippen molar-refractivity contribution >= 4 is 23.9 Å². The number of amides is 1. The zero-order chi connectivity index (χ0) is 117. The highest BCUT2D eigenvalue weighted by atomic mass is 16.5. The largest absolute Gasteiger partial charge is 0.481 e. The molecule has 0 aromatic heterocycles. The van der Waals surface area contributed by atoms with E-state index >= 15 is 0 Å². The van der Waals surface area contributed by atoms with E-state index < -0.39 is 12.1 Å². The number of hydrogen-bond donors (Lipinski definition) is 14. The van der Waals surface area contributed by atoms with Gasteiger partial charge in [-0.3, -0.25) is 9.59 Å². The molecule has 17 N–H and O–H groups in total. The van der Waals surface area contributed by atoms with Crippen LogP contribution in [0, 0.1) is 136 Å². The molecule has 0 heterocycles. The van der Waals surface area contributed by atoms with E-state index in [0.29, 0.717) is 80.6 Å². The summed E-state index contributed by atoms with van der Waals surface area (Å²) in [7, 11) is 7.94. The maximum absolute atomic E-state index is 10.5. The molecule has 0 radical (unpaired) electrons. The third-order valence-electron chi connectivity index (χ3n) is 17.2. The standard InChI is InChI=1S/C8H19N.C7H15NO.C7H17NO.2C7H17N.C7H14O.C6H15N.C6H12O2.C6H14O2.2C6H14O.C6H14.C6H12.2C6H10.3C5H13N.C5H12O.C5H10O/c1-7(2)5-6-9-8(3)4;1-6(2)4-5-8-7(3)9;1-3-4-5-8-6-7-9-2;1-7(2)5-6-8(3)4;1-4-8-6-5-7(2)3;1-6(8)5-7(2,3)4;1-6(2)4-5-7-3;1-6(2,3)4-5(7)8;1-5(2)3-6(8)4-7;2*1-6(2)4-3-5-7;4*1-4-5-6(2)3;5*1-5(2)3-4-6/h7-9H,5-6H2,1-4H3;6H,4-5H2,1-3H3,(H,8,9);8H,3-7H2,1-2H3;7H,5-6H2,1-4H3;7-8H,4-6H2,1-3H3;5H2,1-4H3;6-7H,4-5H2,1-3H3;4H2,1-3H3,(H,7,8);5-8H,3-4H2,1-2H3;2*6-7H,3-5H2,1-2H3;6H,4-5H2,1-3H3;4,6H,1,5H2,2-3H3;2*1,6H,5H2,2-3H3;3*5H,3-4,6H2,1-2H3;5-6H,3-4H2,1-2H3;4-5H,3H2,1-2H3/t;;;;;;;;6-;;;;;;;;;;;/m........0.........../s1. The van der Waals surface area contributed by atoms with Crippen LogP contribution in [0.4, 0.5) is 0 Å². The molecular formula is C122H275N9O11. The Kier molecular flexibility index (Phi) is 207. The molecule has 142 heavy (non-hydrogen) atoms. The van der Waals surface area contributed by atoms with Crippen LogP contribution in [-0.2, 0) is 23.9 Å². The van der Waals surface area contributed by atoms with E-state index in [1.807, 2.05) is 61.6 Å². The van der Waals surface area contributed by atoms with Gasteiger partial charge in [0.1, 0.15) is 12.1 Å². The van der Waals surface area contributed by atoms with Gasteiger partial charge in [0.2, 0.25) is 5.91 Å². The van der Waals surface area contributed by atoms with Gasteiger partial charge in [0.05, 0.1) is 25.7 Å². The number of carbonyl (C=O) groups is 4. The van der Waals surface area contributed by atoms with Crippen LogP contribution >= 0.6 is 0 Å². The minimum absolute atomic E-state index is 0.0654. The van der Waals surface area contributed by atoms with Crippen LogP contribution in [0.5, 0.6) is 0 Å². The Morgan fingerprint density at radius 3 is 0.894 bits per heavy atom. The SMILES string of the molecule is C#CCC(C)C.C#CCC(C)C.C=CCC(C)C.CC(=O)CC(C)(C)C.CC(=O)NCCC(C)C.CC(C)(C)CC(=O)O.CC(C)CC=O.CC(C)CCCO.CC(C)CCCO.CC(C)CCN.CC(C)CCN.CC(C)CCN.CC(C)CCN(C)C.CC(C)CCNC(C)C.CC(C)CCO.CC(C)C[C@H](O)CO.CCCC(C)C.CCCCNCCOC.CCNCCC(C)C.CNCCC(C)C. The average Bonchev–Trinajstić information content (AvgIpc) is 0.974. The monoisotopic (exact) mass is 2040 g/mol. The fourth-order valence-electron chi connectivity index (χ4n) is 8.97. The Labute approximate surface area is 895 Å². The number of methoxy groups -OCH3 is 1. The van der Waals surface area contributed by atoms with Crippen LogP contribution in [0.15, 0.2) is 12.7 Å². The van der Waals surface area contributed by atoms with E-state index in [-0.39, 0.29) is 35.5 Å². The number of Topliss-reactive ketones (excluding diaryl/α,β-unsaturated/α-hetero) is 1. The Morgan fingerprint density at radius 1 is 0.423 bits per heavy atom. The third-order valence-corrected chi connectivity index (χ3v) is 17.2. The number of unbranched alkanes of at least 4 members (excludes halogenated alkanes) is 1.